The van der Waals surface area contributed by atoms with Gasteiger partial charge in [-0.1, -0.05) is 27.7 Å². The van der Waals surface area contributed by atoms with Crippen LogP contribution in [0.25, 0.3) is 0 Å². The predicted molar refractivity (Wildman–Crippen MR) is 116 cm³/mol. The average Bonchev–Trinajstić information content (AvgIpc) is 2.66. The van der Waals surface area contributed by atoms with Gasteiger partial charge in [-0.2, -0.15) is 0 Å². The molecule has 0 heterocycles. The van der Waals surface area contributed by atoms with Crippen molar-refractivity contribution in [2.75, 3.05) is 30.4 Å². The molecule has 0 saturated heterocycles. The number of nitrogens with zero attached hydrogens (tertiary/aromatic N) is 1. The molecule has 0 aliphatic rings. The summed E-state index contributed by atoms with van der Waals surface area (Å²) in [5.41, 5.74) is 1.91. The highest BCUT2D eigenvalue weighted by atomic mass is 16.5. The second kappa shape index (κ2) is 9.96. The third kappa shape index (κ3) is 6.24. The largest absolute Gasteiger partial charge is 0.497 e. The summed E-state index contributed by atoms with van der Waals surface area (Å²) in [6, 6.07) is 11.7. The molecular formula is C23H30N2O4. The summed E-state index contributed by atoms with van der Waals surface area (Å²) in [5, 5.41) is 12.3. The van der Waals surface area contributed by atoms with Crippen LogP contribution >= 0.6 is 0 Å². The summed E-state index contributed by atoms with van der Waals surface area (Å²) in [6.45, 7) is 10.1. The molecule has 0 radical (unpaired) electrons. The van der Waals surface area contributed by atoms with E-state index in [1.54, 1.807) is 43.5 Å². The molecular weight excluding hydrogens is 368 g/mol. The lowest BCUT2D eigenvalue weighted by Crippen LogP contribution is -2.32. The fourth-order valence-electron chi connectivity index (χ4n) is 3.13. The zero-order valence-corrected chi connectivity index (χ0v) is 17.7. The minimum absolute atomic E-state index is 0.132. The Balaban J connectivity index is 2.41. The van der Waals surface area contributed by atoms with Gasteiger partial charge in [0.2, 0.25) is 0 Å². The third-order valence-corrected chi connectivity index (χ3v) is 4.36. The molecule has 29 heavy (non-hydrogen) atoms. The standard InChI is InChI=1S/C23H30N2O4/c1-15(2)13-25(14-16(3)4)21-11-8-18(23(27)28)12-20(21)24-22(26)17-6-9-19(29-5)10-7-17/h6-12,15-16H,13-14H2,1-5H3,(H,24,26)(H,27,28). The first-order valence-electron chi connectivity index (χ1n) is 9.79. The number of methoxy groups -OCH3 is 1. The van der Waals surface area contributed by atoms with Crippen molar-refractivity contribution < 1.29 is 19.4 Å². The summed E-state index contributed by atoms with van der Waals surface area (Å²) in [7, 11) is 1.57. The first-order valence-corrected chi connectivity index (χ1v) is 9.79. The lowest BCUT2D eigenvalue weighted by molar-refractivity contribution is 0.0696. The van der Waals surface area contributed by atoms with Crippen LogP contribution in [0.5, 0.6) is 5.75 Å². The van der Waals surface area contributed by atoms with Gasteiger partial charge in [-0.15, -0.1) is 0 Å². The van der Waals surface area contributed by atoms with E-state index < -0.39 is 5.97 Å². The molecule has 0 unspecified atom stereocenters. The Kier molecular flexibility index (Phi) is 7.65. The summed E-state index contributed by atoms with van der Waals surface area (Å²) >= 11 is 0. The predicted octanol–water partition coefficient (Wildman–Crippen LogP) is 4.76. The van der Waals surface area contributed by atoms with Gasteiger partial charge in [-0.3, -0.25) is 4.79 Å². The maximum Gasteiger partial charge on any atom is 0.335 e. The number of benzene rings is 2. The van der Waals surface area contributed by atoms with E-state index in [0.717, 1.165) is 18.8 Å². The van der Waals surface area contributed by atoms with E-state index in [1.807, 2.05) is 0 Å². The molecule has 1 amide bonds. The number of aromatic carboxylic acids is 1. The third-order valence-electron chi connectivity index (χ3n) is 4.36. The lowest BCUT2D eigenvalue weighted by atomic mass is 10.1. The molecule has 6 heteroatoms. The number of ether oxygens (including phenoxy) is 1. The molecule has 0 bridgehead atoms. The number of anilines is 2. The van der Waals surface area contributed by atoms with E-state index in [0.29, 0.717) is 28.8 Å². The molecule has 6 nitrogen and oxygen atoms in total. The summed E-state index contributed by atoms with van der Waals surface area (Å²) in [6.07, 6.45) is 0. The molecule has 0 aliphatic heterocycles. The molecule has 0 atom stereocenters. The van der Waals surface area contributed by atoms with E-state index in [2.05, 4.69) is 37.9 Å². The molecule has 2 aromatic rings. The topological polar surface area (TPSA) is 78.9 Å². The Bertz CT molecular complexity index is 834. The maximum absolute atomic E-state index is 12.8. The summed E-state index contributed by atoms with van der Waals surface area (Å²) in [5.74, 6) is 0.160. The van der Waals surface area contributed by atoms with Crippen molar-refractivity contribution in [3.8, 4) is 5.75 Å². The number of hydrogen-bond donors (Lipinski definition) is 2. The number of hydrogen-bond acceptors (Lipinski definition) is 4. The summed E-state index contributed by atoms with van der Waals surface area (Å²) in [4.78, 5) is 26.5. The van der Waals surface area contributed by atoms with Crippen molar-refractivity contribution >= 4 is 23.3 Å². The summed E-state index contributed by atoms with van der Waals surface area (Å²) < 4.78 is 5.13. The first-order chi connectivity index (χ1) is 13.7. The van der Waals surface area contributed by atoms with Crippen LogP contribution < -0.4 is 15.0 Å². The molecule has 2 N–H and O–H groups in total. The SMILES string of the molecule is COc1ccc(C(=O)Nc2cc(C(=O)O)ccc2N(CC(C)C)CC(C)C)cc1. The van der Waals surface area contributed by atoms with Crippen molar-refractivity contribution in [2.24, 2.45) is 11.8 Å². The highest BCUT2D eigenvalue weighted by Gasteiger charge is 2.18. The fraction of sp³-hybridized carbons (Fsp3) is 0.391. The van der Waals surface area contributed by atoms with E-state index in [-0.39, 0.29) is 11.5 Å². The molecule has 0 aliphatic carbocycles. The van der Waals surface area contributed by atoms with Gasteiger partial charge in [0.25, 0.3) is 5.91 Å². The second-order valence-corrected chi connectivity index (χ2v) is 7.91. The monoisotopic (exact) mass is 398 g/mol. The first kappa shape index (κ1) is 22.3. The molecule has 0 aromatic heterocycles. The normalized spacial score (nSPS) is 10.9. The van der Waals surface area contributed by atoms with Crippen molar-refractivity contribution in [1.29, 1.82) is 0 Å². The highest BCUT2D eigenvalue weighted by Crippen LogP contribution is 2.30. The Morgan fingerprint density at radius 1 is 0.966 bits per heavy atom. The van der Waals surface area contributed by atoms with Crippen LogP contribution in [0.4, 0.5) is 11.4 Å². The highest BCUT2D eigenvalue weighted by molar-refractivity contribution is 6.06. The molecule has 0 saturated carbocycles. The van der Waals surface area contributed by atoms with Gasteiger partial charge < -0.3 is 20.1 Å². The minimum atomic E-state index is -1.03. The molecule has 156 valence electrons. The van der Waals surface area contributed by atoms with E-state index in [1.165, 1.54) is 6.07 Å². The van der Waals surface area contributed by atoms with Crippen LogP contribution in [0.2, 0.25) is 0 Å². The van der Waals surface area contributed by atoms with Gasteiger partial charge in [0.05, 0.1) is 24.0 Å². The van der Waals surface area contributed by atoms with Gasteiger partial charge in [0, 0.05) is 18.7 Å². The number of nitrogens with one attached hydrogen (secondary N) is 1. The van der Waals surface area contributed by atoms with E-state index in [9.17, 15) is 14.7 Å². The van der Waals surface area contributed by atoms with Gasteiger partial charge in [0.1, 0.15) is 5.75 Å². The minimum Gasteiger partial charge on any atom is -0.497 e. The van der Waals surface area contributed by atoms with Gasteiger partial charge >= 0.3 is 5.97 Å². The Hall–Kier alpha value is -3.02. The van der Waals surface area contributed by atoms with Crippen LogP contribution in [0.15, 0.2) is 42.5 Å². The number of carbonyl (C=O) groups is 2. The molecule has 0 spiro atoms. The Morgan fingerprint density at radius 3 is 2.00 bits per heavy atom. The van der Waals surface area contributed by atoms with Crippen LogP contribution in [-0.4, -0.2) is 37.2 Å². The number of carboxylic acid groups (broad SMARTS) is 1. The van der Waals surface area contributed by atoms with E-state index >= 15 is 0 Å². The van der Waals surface area contributed by atoms with Crippen LogP contribution in [-0.2, 0) is 0 Å². The number of rotatable bonds is 9. The van der Waals surface area contributed by atoms with Gasteiger partial charge in [-0.25, -0.2) is 4.79 Å². The quantitative estimate of drug-likeness (QED) is 0.636. The lowest BCUT2D eigenvalue weighted by Gasteiger charge is -2.30. The second-order valence-electron chi connectivity index (χ2n) is 7.91. The zero-order chi connectivity index (χ0) is 21.6. The van der Waals surface area contributed by atoms with Crippen LogP contribution in [0.3, 0.4) is 0 Å². The van der Waals surface area contributed by atoms with Crippen molar-refractivity contribution in [3.05, 3.63) is 53.6 Å². The van der Waals surface area contributed by atoms with Crippen LogP contribution in [0.1, 0.15) is 48.4 Å². The molecule has 2 aromatic carbocycles. The molecule has 0 fully saturated rings. The Labute approximate surface area is 172 Å². The van der Waals surface area contributed by atoms with Crippen molar-refractivity contribution in [1.82, 2.24) is 0 Å². The van der Waals surface area contributed by atoms with Gasteiger partial charge in [0.15, 0.2) is 0 Å². The fourth-order valence-corrected chi connectivity index (χ4v) is 3.13. The number of carboxylic acids is 1. The van der Waals surface area contributed by atoms with Crippen molar-refractivity contribution in [2.45, 2.75) is 27.7 Å². The van der Waals surface area contributed by atoms with E-state index in [4.69, 9.17) is 4.74 Å². The number of carbonyl (C=O) groups excluding carboxylic acids is 1. The number of amides is 1. The average molecular weight is 399 g/mol. The Morgan fingerprint density at radius 2 is 1.52 bits per heavy atom. The molecule has 2 rings (SSSR count). The zero-order valence-electron chi connectivity index (χ0n) is 17.7. The smallest absolute Gasteiger partial charge is 0.335 e. The maximum atomic E-state index is 12.8. The van der Waals surface area contributed by atoms with Crippen molar-refractivity contribution in [3.63, 3.8) is 0 Å². The van der Waals surface area contributed by atoms with Crippen LogP contribution in [0, 0.1) is 11.8 Å². The van der Waals surface area contributed by atoms with Gasteiger partial charge in [-0.05, 0) is 54.3 Å².